The van der Waals surface area contributed by atoms with E-state index in [1.165, 1.54) is 17.8 Å². The zero-order valence-electron chi connectivity index (χ0n) is 14.7. The number of fused-ring (bicyclic) bond motifs is 1. The van der Waals surface area contributed by atoms with Gasteiger partial charge in [-0.15, -0.1) is 11.3 Å². The Morgan fingerprint density at radius 3 is 2.62 bits per heavy atom. The molecule has 1 aromatic heterocycles. The minimum absolute atomic E-state index is 0.000973. The van der Waals surface area contributed by atoms with Crippen molar-refractivity contribution in [2.45, 2.75) is 63.9 Å². The minimum atomic E-state index is -0.832. The highest BCUT2D eigenvalue weighted by atomic mass is 32.1. The van der Waals surface area contributed by atoms with Crippen LogP contribution in [0.4, 0.5) is 5.00 Å². The van der Waals surface area contributed by atoms with Crippen molar-refractivity contribution in [1.82, 2.24) is 0 Å². The van der Waals surface area contributed by atoms with E-state index in [1.54, 1.807) is 0 Å². The molecule has 0 radical (unpaired) electrons. The molecule has 7 heteroatoms. The van der Waals surface area contributed by atoms with Crippen LogP contribution >= 0.6 is 11.3 Å². The van der Waals surface area contributed by atoms with E-state index in [0.29, 0.717) is 17.0 Å². The number of hydrogen-bond donors (Lipinski definition) is 1. The number of carbonyl (C=O) groups is 3. The van der Waals surface area contributed by atoms with Crippen LogP contribution in [-0.2, 0) is 31.9 Å². The summed E-state index contributed by atoms with van der Waals surface area (Å²) in [7, 11) is 0. The fourth-order valence-corrected chi connectivity index (χ4v) is 5.34. The van der Waals surface area contributed by atoms with Gasteiger partial charge in [-0.25, -0.2) is 9.59 Å². The van der Waals surface area contributed by atoms with Crippen molar-refractivity contribution >= 4 is 34.2 Å². The average molecular weight is 377 g/mol. The van der Waals surface area contributed by atoms with Gasteiger partial charge in [0.2, 0.25) is 12.0 Å². The molecule has 0 spiro atoms. The number of nitrogens with one attached hydrogen (secondary N) is 1. The van der Waals surface area contributed by atoms with Crippen molar-refractivity contribution in [3.8, 4) is 0 Å². The van der Waals surface area contributed by atoms with Crippen LogP contribution in [0.2, 0.25) is 0 Å². The van der Waals surface area contributed by atoms with Gasteiger partial charge in [0.1, 0.15) is 5.00 Å². The Hall–Kier alpha value is -1.89. The van der Waals surface area contributed by atoms with Gasteiger partial charge >= 0.3 is 11.9 Å². The summed E-state index contributed by atoms with van der Waals surface area (Å²) in [5, 5.41) is 3.57. The summed E-state index contributed by atoms with van der Waals surface area (Å²) in [6, 6.07) is 0. The van der Waals surface area contributed by atoms with Crippen molar-refractivity contribution in [2.75, 3.05) is 11.9 Å². The Morgan fingerprint density at radius 2 is 1.88 bits per heavy atom. The van der Waals surface area contributed by atoms with E-state index in [4.69, 9.17) is 9.47 Å². The summed E-state index contributed by atoms with van der Waals surface area (Å²) in [6.07, 6.45) is 7.46. The maximum atomic E-state index is 12.8. The van der Waals surface area contributed by atoms with E-state index in [-0.39, 0.29) is 18.4 Å². The van der Waals surface area contributed by atoms with Crippen molar-refractivity contribution < 1.29 is 23.9 Å². The lowest BCUT2D eigenvalue weighted by Crippen LogP contribution is -2.26. The Balaban J connectivity index is 1.54. The highest BCUT2D eigenvalue weighted by Gasteiger charge is 2.35. The SMILES string of the molecule is O=C(OC1CCOC1=O)c1c(NC(=O)C2CCCCC2)sc2c1CCC2. The van der Waals surface area contributed by atoms with E-state index in [9.17, 15) is 14.4 Å². The van der Waals surface area contributed by atoms with Crippen molar-refractivity contribution in [3.63, 3.8) is 0 Å². The molecular formula is C19H23NO5S. The molecular weight excluding hydrogens is 354 g/mol. The molecule has 6 nitrogen and oxygen atoms in total. The van der Waals surface area contributed by atoms with Crippen molar-refractivity contribution in [3.05, 3.63) is 16.0 Å². The normalized spacial score (nSPS) is 22.8. The van der Waals surface area contributed by atoms with Crippen LogP contribution in [0, 0.1) is 5.92 Å². The van der Waals surface area contributed by atoms with Crippen LogP contribution in [0.25, 0.3) is 0 Å². The molecule has 0 bridgehead atoms. The number of hydrogen-bond acceptors (Lipinski definition) is 6. The Bertz CT molecular complexity index is 735. The number of esters is 2. The molecule has 1 aromatic rings. The molecule has 3 aliphatic rings. The number of carbonyl (C=O) groups excluding carboxylic acids is 3. The molecule has 1 saturated heterocycles. The number of aryl methyl sites for hydroxylation is 1. The van der Waals surface area contributed by atoms with Crippen LogP contribution in [0.1, 0.15) is 65.7 Å². The van der Waals surface area contributed by atoms with Gasteiger partial charge in [0.15, 0.2) is 0 Å². The number of thiophene rings is 1. The van der Waals surface area contributed by atoms with E-state index in [2.05, 4.69) is 5.32 Å². The largest absolute Gasteiger partial charge is 0.463 e. The third-order valence-electron chi connectivity index (χ3n) is 5.47. The van der Waals surface area contributed by atoms with Gasteiger partial charge in [-0.05, 0) is 37.7 Å². The number of anilines is 1. The lowest BCUT2D eigenvalue weighted by molar-refractivity contribution is -0.145. The first-order chi connectivity index (χ1) is 12.6. The predicted octanol–water partition coefficient (Wildman–Crippen LogP) is 3.23. The van der Waals surface area contributed by atoms with Crippen LogP contribution in [-0.4, -0.2) is 30.6 Å². The van der Waals surface area contributed by atoms with E-state index < -0.39 is 18.0 Å². The van der Waals surface area contributed by atoms with Crippen LogP contribution in [0.5, 0.6) is 0 Å². The van der Waals surface area contributed by atoms with E-state index in [0.717, 1.165) is 55.4 Å². The summed E-state index contributed by atoms with van der Waals surface area (Å²) >= 11 is 1.48. The zero-order valence-corrected chi connectivity index (χ0v) is 15.5. The fraction of sp³-hybridized carbons (Fsp3) is 0.632. The maximum absolute atomic E-state index is 12.8. The molecule has 2 heterocycles. The molecule has 2 fully saturated rings. The molecule has 0 aromatic carbocycles. The second-order valence-electron chi connectivity index (χ2n) is 7.24. The lowest BCUT2D eigenvalue weighted by atomic mass is 9.89. The molecule has 140 valence electrons. The van der Waals surface area contributed by atoms with Crippen LogP contribution < -0.4 is 5.32 Å². The number of cyclic esters (lactones) is 1. The highest BCUT2D eigenvalue weighted by molar-refractivity contribution is 7.17. The molecule has 1 atom stereocenters. The van der Waals surface area contributed by atoms with Crippen LogP contribution in [0.3, 0.4) is 0 Å². The second-order valence-corrected chi connectivity index (χ2v) is 8.34. The topological polar surface area (TPSA) is 81.7 Å². The number of rotatable bonds is 4. The predicted molar refractivity (Wildman–Crippen MR) is 96.3 cm³/mol. The number of amides is 1. The molecule has 1 amide bonds. The summed E-state index contributed by atoms with van der Waals surface area (Å²) in [4.78, 5) is 38.2. The fourth-order valence-electron chi connectivity index (χ4n) is 4.06. The molecule has 1 unspecified atom stereocenters. The molecule has 2 aliphatic carbocycles. The minimum Gasteiger partial charge on any atom is -0.463 e. The standard InChI is InChI=1S/C19H23NO5S/c21-16(11-5-2-1-3-6-11)20-17-15(12-7-4-8-14(12)26-17)19(23)25-13-9-10-24-18(13)22/h11,13H,1-10H2,(H,20,21). The summed E-state index contributed by atoms with van der Waals surface area (Å²) in [6.45, 7) is 0.282. The van der Waals surface area contributed by atoms with Gasteiger partial charge in [0.25, 0.3) is 0 Å². The maximum Gasteiger partial charge on any atom is 0.347 e. The van der Waals surface area contributed by atoms with Crippen molar-refractivity contribution in [1.29, 1.82) is 0 Å². The first-order valence-electron chi connectivity index (χ1n) is 9.46. The van der Waals surface area contributed by atoms with Crippen LogP contribution in [0.15, 0.2) is 0 Å². The first kappa shape index (κ1) is 17.5. The third-order valence-corrected chi connectivity index (χ3v) is 6.68. The Kier molecular flexibility index (Phi) is 4.98. The van der Waals surface area contributed by atoms with Gasteiger partial charge in [-0.3, -0.25) is 4.79 Å². The quantitative estimate of drug-likeness (QED) is 0.815. The molecule has 1 N–H and O–H groups in total. The first-order valence-corrected chi connectivity index (χ1v) is 10.3. The average Bonchev–Trinajstić information content (AvgIpc) is 3.32. The van der Waals surface area contributed by atoms with Gasteiger partial charge in [-0.2, -0.15) is 0 Å². The lowest BCUT2D eigenvalue weighted by Gasteiger charge is -2.20. The summed E-state index contributed by atoms with van der Waals surface area (Å²) in [5.74, 6) is -0.987. The van der Waals surface area contributed by atoms with E-state index >= 15 is 0 Å². The molecule has 4 rings (SSSR count). The molecule has 1 aliphatic heterocycles. The third kappa shape index (κ3) is 3.37. The Labute approximate surface area is 156 Å². The number of ether oxygens (including phenoxy) is 2. The monoisotopic (exact) mass is 377 g/mol. The summed E-state index contributed by atoms with van der Waals surface area (Å²) < 4.78 is 10.3. The zero-order chi connectivity index (χ0) is 18.1. The molecule has 1 saturated carbocycles. The van der Waals surface area contributed by atoms with Gasteiger partial charge in [0, 0.05) is 17.2 Å². The Morgan fingerprint density at radius 1 is 1.08 bits per heavy atom. The van der Waals surface area contributed by atoms with Gasteiger partial charge < -0.3 is 14.8 Å². The molecule has 26 heavy (non-hydrogen) atoms. The van der Waals surface area contributed by atoms with Gasteiger partial charge in [0.05, 0.1) is 12.2 Å². The summed E-state index contributed by atoms with van der Waals surface area (Å²) in [5.41, 5.74) is 1.43. The van der Waals surface area contributed by atoms with Crippen molar-refractivity contribution in [2.24, 2.45) is 5.92 Å². The van der Waals surface area contributed by atoms with E-state index in [1.807, 2.05) is 0 Å². The second kappa shape index (κ2) is 7.39. The smallest absolute Gasteiger partial charge is 0.347 e. The highest BCUT2D eigenvalue weighted by Crippen LogP contribution is 2.40. The van der Waals surface area contributed by atoms with Gasteiger partial charge in [-0.1, -0.05) is 19.3 Å².